The second kappa shape index (κ2) is 4.27. The first-order chi connectivity index (χ1) is 8.78. The maximum absolute atomic E-state index is 8.86. The van der Waals surface area contributed by atoms with Crippen molar-refractivity contribution in [3.8, 4) is 5.40 Å². The molecule has 1 aromatic heterocycles. The van der Waals surface area contributed by atoms with Gasteiger partial charge in [-0.2, -0.15) is 9.94 Å². The van der Waals surface area contributed by atoms with Crippen LogP contribution >= 0.6 is 11.8 Å². The Morgan fingerprint density at radius 1 is 1.39 bits per heavy atom. The van der Waals surface area contributed by atoms with Crippen LogP contribution in [-0.2, 0) is 6.42 Å². The second-order valence-corrected chi connectivity index (χ2v) is 4.63. The van der Waals surface area contributed by atoms with Crippen LogP contribution < -0.4 is 0 Å². The first-order valence-corrected chi connectivity index (χ1v) is 6.25. The van der Waals surface area contributed by atoms with E-state index < -0.39 is 0 Å². The van der Waals surface area contributed by atoms with Gasteiger partial charge in [-0.25, -0.2) is 9.98 Å². The number of hydrogen-bond acceptors (Lipinski definition) is 5. The van der Waals surface area contributed by atoms with E-state index in [9.17, 15) is 0 Å². The van der Waals surface area contributed by atoms with E-state index in [-0.39, 0.29) is 0 Å². The van der Waals surface area contributed by atoms with Crippen LogP contribution in [0.2, 0.25) is 0 Å². The van der Waals surface area contributed by atoms with Crippen LogP contribution in [-0.4, -0.2) is 19.9 Å². The summed E-state index contributed by atoms with van der Waals surface area (Å²) in [5.41, 5.74) is 1.97. The van der Waals surface area contributed by atoms with E-state index in [4.69, 9.17) is 5.26 Å². The number of nitriles is 1. The van der Waals surface area contributed by atoms with Crippen molar-refractivity contribution in [1.82, 2.24) is 14.8 Å². The lowest BCUT2D eigenvalue weighted by atomic mass is 10.1. The Bertz CT molecular complexity index is 680. The minimum atomic E-state index is 0.554. The fourth-order valence-corrected chi connectivity index (χ4v) is 2.38. The fourth-order valence-electron chi connectivity index (χ4n) is 1.92. The fraction of sp³-hybridized carbons (Fsp3) is 0.167. The van der Waals surface area contributed by atoms with E-state index >= 15 is 0 Å². The largest absolute Gasteiger partial charge is 0.222 e. The molecule has 6 heteroatoms. The number of nitrogens with zero attached hydrogens (tertiary/aromatic N) is 5. The van der Waals surface area contributed by atoms with Gasteiger partial charge in [-0.1, -0.05) is 18.2 Å². The minimum absolute atomic E-state index is 0.554. The highest BCUT2D eigenvalue weighted by atomic mass is 32.2. The molecule has 0 fully saturated rings. The molecule has 0 unspecified atom stereocenters. The summed E-state index contributed by atoms with van der Waals surface area (Å²) in [6, 6.07) is 7.87. The van der Waals surface area contributed by atoms with Gasteiger partial charge in [0.25, 0.3) is 0 Å². The van der Waals surface area contributed by atoms with Crippen LogP contribution in [0.15, 0.2) is 29.3 Å². The third kappa shape index (κ3) is 1.79. The number of benzene rings is 1. The summed E-state index contributed by atoms with van der Waals surface area (Å²) in [5.74, 6) is 1.51. The summed E-state index contributed by atoms with van der Waals surface area (Å²) in [6.07, 6.45) is 0.677. The summed E-state index contributed by atoms with van der Waals surface area (Å²) in [5, 5.41) is 15.8. The van der Waals surface area contributed by atoms with Crippen molar-refractivity contribution in [2.45, 2.75) is 13.3 Å². The van der Waals surface area contributed by atoms with Crippen LogP contribution in [0.1, 0.15) is 17.2 Å². The Morgan fingerprint density at radius 2 is 2.22 bits per heavy atom. The molecule has 18 heavy (non-hydrogen) atoms. The molecule has 0 saturated heterocycles. The smallest absolute Gasteiger partial charge is 0.205 e. The summed E-state index contributed by atoms with van der Waals surface area (Å²) in [6.45, 7) is 1.84. The van der Waals surface area contributed by atoms with Crippen LogP contribution in [0.25, 0.3) is 0 Å². The lowest BCUT2D eigenvalue weighted by Gasteiger charge is -2.00. The average Bonchev–Trinajstić information content (AvgIpc) is 2.65. The van der Waals surface area contributed by atoms with Crippen molar-refractivity contribution >= 4 is 22.6 Å². The molecule has 88 valence electrons. The zero-order valence-corrected chi connectivity index (χ0v) is 10.5. The van der Waals surface area contributed by atoms with Crippen molar-refractivity contribution in [2.24, 2.45) is 4.99 Å². The number of hydrogen-bond donors (Lipinski definition) is 0. The van der Waals surface area contributed by atoms with Gasteiger partial charge in [0.15, 0.2) is 0 Å². The zero-order chi connectivity index (χ0) is 12.5. The molecule has 2 aromatic rings. The Labute approximate surface area is 108 Å². The predicted molar refractivity (Wildman–Crippen MR) is 69.7 cm³/mol. The molecule has 2 heterocycles. The molecule has 1 aliphatic heterocycles. The van der Waals surface area contributed by atoms with Gasteiger partial charge in [0.1, 0.15) is 17.1 Å². The number of rotatable bonds is 0. The highest BCUT2D eigenvalue weighted by Gasteiger charge is 2.19. The average molecular weight is 255 g/mol. The predicted octanol–water partition coefficient (Wildman–Crippen LogP) is 2.24. The Kier molecular flexibility index (Phi) is 2.61. The standard InChI is InChI=1S/C12H9N5S/c1-8-14-11-6-9-4-2-3-5-10(9)15-12(18-7-13)17(11)16-8/h2-5H,6H2,1H3. The number of thiocyanates is 1. The summed E-state index contributed by atoms with van der Waals surface area (Å²) in [7, 11) is 0. The minimum Gasteiger partial charge on any atom is -0.222 e. The number of aryl methyl sites for hydroxylation is 1. The van der Waals surface area contributed by atoms with E-state index in [1.807, 2.05) is 36.6 Å². The molecular formula is C12H9N5S. The zero-order valence-electron chi connectivity index (χ0n) is 9.66. The Balaban J connectivity index is 2.22. The van der Waals surface area contributed by atoms with Crippen LogP contribution in [0.5, 0.6) is 0 Å². The van der Waals surface area contributed by atoms with Gasteiger partial charge < -0.3 is 0 Å². The van der Waals surface area contributed by atoms with E-state index in [0.29, 0.717) is 17.4 Å². The number of fused-ring (bicyclic) bond motifs is 2. The van der Waals surface area contributed by atoms with Gasteiger partial charge in [-0.15, -0.1) is 5.10 Å². The lowest BCUT2D eigenvalue weighted by molar-refractivity contribution is 0.872. The summed E-state index contributed by atoms with van der Waals surface area (Å²) < 4.78 is 1.66. The maximum atomic E-state index is 8.86. The molecule has 0 spiro atoms. The quantitative estimate of drug-likeness (QED) is 0.677. The molecule has 0 bridgehead atoms. The topological polar surface area (TPSA) is 66.9 Å². The van der Waals surface area contributed by atoms with E-state index in [1.54, 1.807) is 4.68 Å². The van der Waals surface area contributed by atoms with E-state index in [1.165, 1.54) is 0 Å². The molecule has 0 radical (unpaired) electrons. The van der Waals surface area contributed by atoms with Gasteiger partial charge >= 0.3 is 0 Å². The molecule has 0 aliphatic carbocycles. The molecule has 3 rings (SSSR count). The van der Waals surface area contributed by atoms with Crippen molar-refractivity contribution < 1.29 is 0 Å². The molecule has 5 nitrogen and oxygen atoms in total. The number of thioether (sulfide) groups is 1. The van der Waals surface area contributed by atoms with E-state index in [2.05, 4.69) is 15.1 Å². The molecule has 0 saturated carbocycles. The highest BCUT2D eigenvalue weighted by Crippen LogP contribution is 2.27. The molecule has 0 atom stereocenters. The summed E-state index contributed by atoms with van der Waals surface area (Å²) in [4.78, 5) is 8.89. The van der Waals surface area contributed by atoms with Crippen LogP contribution in [0.3, 0.4) is 0 Å². The van der Waals surface area contributed by atoms with Crippen molar-refractivity contribution in [1.29, 1.82) is 5.26 Å². The van der Waals surface area contributed by atoms with Gasteiger partial charge in [-0.05, 0) is 18.6 Å². The molecule has 0 amide bonds. The second-order valence-electron chi connectivity index (χ2n) is 3.88. The van der Waals surface area contributed by atoms with Gasteiger partial charge in [-0.3, -0.25) is 0 Å². The van der Waals surface area contributed by atoms with Crippen LogP contribution in [0.4, 0.5) is 5.69 Å². The first kappa shape index (κ1) is 11.0. The normalized spacial score (nSPS) is 13.0. The van der Waals surface area contributed by atoms with E-state index in [0.717, 1.165) is 28.8 Å². The Morgan fingerprint density at radius 3 is 3.06 bits per heavy atom. The highest BCUT2D eigenvalue weighted by molar-refractivity contribution is 8.17. The lowest BCUT2D eigenvalue weighted by Crippen LogP contribution is -2.11. The number of para-hydroxylation sites is 1. The third-order valence-electron chi connectivity index (χ3n) is 2.65. The summed E-state index contributed by atoms with van der Waals surface area (Å²) >= 11 is 1.00. The molecular weight excluding hydrogens is 246 g/mol. The van der Waals surface area contributed by atoms with Crippen molar-refractivity contribution in [2.75, 3.05) is 0 Å². The molecule has 1 aliphatic rings. The number of aliphatic imine (C=N–C) groups is 1. The first-order valence-electron chi connectivity index (χ1n) is 5.43. The van der Waals surface area contributed by atoms with Gasteiger partial charge in [0.2, 0.25) is 5.17 Å². The Hall–Kier alpha value is -2.13. The molecule has 1 aromatic carbocycles. The third-order valence-corrected chi connectivity index (χ3v) is 3.19. The van der Waals surface area contributed by atoms with Crippen molar-refractivity contribution in [3.63, 3.8) is 0 Å². The van der Waals surface area contributed by atoms with Gasteiger partial charge in [0.05, 0.1) is 5.69 Å². The monoisotopic (exact) mass is 255 g/mol. The SMILES string of the molecule is Cc1nc2n(n1)C(SC#N)=Nc1ccccc1C2. The maximum Gasteiger partial charge on any atom is 0.205 e. The van der Waals surface area contributed by atoms with Crippen LogP contribution in [0, 0.1) is 17.6 Å². The van der Waals surface area contributed by atoms with Gasteiger partial charge in [0, 0.05) is 18.2 Å². The number of aromatic nitrogens is 3. The molecule has 0 N–H and O–H groups in total. The van der Waals surface area contributed by atoms with Crippen molar-refractivity contribution in [3.05, 3.63) is 41.5 Å².